The van der Waals surface area contributed by atoms with E-state index in [1.165, 1.54) is 23.1 Å². The average Bonchev–Trinajstić information content (AvgIpc) is 2.85. The predicted molar refractivity (Wildman–Crippen MR) is 128 cm³/mol. The summed E-state index contributed by atoms with van der Waals surface area (Å²) < 4.78 is 13.6. The Labute approximate surface area is 197 Å². The molecule has 2 fully saturated rings. The van der Waals surface area contributed by atoms with Gasteiger partial charge < -0.3 is 14.9 Å². The molecular weight excluding hydrogens is 431 g/mol. The smallest absolute Gasteiger partial charge is 0.254 e. The second kappa shape index (κ2) is 9.23. The number of carbonyl (C=O) groups excluding carboxylic acids is 2. The van der Waals surface area contributed by atoms with Crippen LogP contribution in [0.2, 0.25) is 0 Å². The number of aliphatic hydroxyl groups excluding tert-OH is 1. The molecule has 0 aliphatic carbocycles. The Hall–Kier alpha value is -3.77. The largest absolute Gasteiger partial charge is 0.394 e. The third-order valence-corrected chi connectivity index (χ3v) is 6.70. The van der Waals surface area contributed by atoms with Crippen LogP contribution in [0.4, 0.5) is 4.39 Å². The van der Waals surface area contributed by atoms with Crippen LogP contribution in [0.1, 0.15) is 33.0 Å². The second-order valence-electron chi connectivity index (χ2n) is 8.75. The van der Waals surface area contributed by atoms with Crippen molar-refractivity contribution in [1.29, 1.82) is 0 Å². The van der Waals surface area contributed by atoms with Crippen LogP contribution in [0.25, 0.3) is 12.2 Å². The van der Waals surface area contributed by atoms with Crippen LogP contribution < -0.4 is 0 Å². The first kappa shape index (κ1) is 22.0. The molecule has 2 aliphatic rings. The van der Waals surface area contributed by atoms with Gasteiger partial charge in [0.2, 0.25) is 5.91 Å². The molecule has 2 heterocycles. The van der Waals surface area contributed by atoms with E-state index in [1.54, 1.807) is 11.0 Å². The molecule has 172 valence electrons. The van der Waals surface area contributed by atoms with Gasteiger partial charge in [0, 0.05) is 18.0 Å². The predicted octanol–water partition coefficient (Wildman–Crippen LogP) is 3.81. The number of piperazine rings is 1. The zero-order valence-corrected chi connectivity index (χ0v) is 18.5. The van der Waals surface area contributed by atoms with Crippen LogP contribution in [-0.4, -0.2) is 58.5 Å². The first-order chi connectivity index (χ1) is 16.5. The maximum absolute atomic E-state index is 13.6. The average molecular weight is 457 g/mol. The Kier molecular flexibility index (Phi) is 5.99. The SMILES string of the molecule is O=C(c1cccc(F)c1)N1CC(=O)N2[C@@H](CO)[C@H](c3ccc(C=Cc4ccccc4)cc3)[C@@H]2C1. The van der Waals surface area contributed by atoms with Crippen molar-refractivity contribution >= 4 is 24.0 Å². The van der Waals surface area contributed by atoms with Gasteiger partial charge in [0.05, 0.1) is 18.7 Å². The first-order valence-corrected chi connectivity index (χ1v) is 11.3. The third-order valence-electron chi connectivity index (χ3n) is 6.70. The molecule has 3 aromatic carbocycles. The minimum Gasteiger partial charge on any atom is -0.394 e. The summed E-state index contributed by atoms with van der Waals surface area (Å²) >= 11 is 0. The summed E-state index contributed by atoms with van der Waals surface area (Å²) in [5.41, 5.74) is 3.41. The van der Waals surface area contributed by atoms with Crippen LogP contribution in [0.3, 0.4) is 0 Å². The van der Waals surface area contributed by atoms with Gasteiger partial charge in [-0.3, -0.25) is 9.59 Å². The molecule has 2 saturated heterocycles. The quantitative estimate of drug-likeness (QED) is 0.594. The molecule has 0 aromatic heterocycles. The minimum absolute atomic E-state index is 0.0711. The van der Waals surface area contributed by atoms with Gasteiger partial charge in [-0.15, -0.1) is 0 Å². The summed E-state index contributed by atoms with van der Waals surface area (Å²) in [4.78, 5) is 28.9. The van der Waals surface area contributed by atoms with E-state index in [2.05, 4.69) is 0 Å². The molecule has 3 aromatic rings. The van der Waals surface area contributed by atoms with Gasteiger partial charge in [0.15, 0.2) is 0 Å². The van der Waals surface area contributed by atoms with E-state index in [9.17, 15) is 19.1 Å². The maximum atomic E-state index is 13.6. The van der Waals surface area contributed by atoms with Gasteiger partial charge >= 0.3 is 0 Å². The molecule has 0 bridgehead atoms. The van der Waals surface area contributed by atoms with E-state index in [0.29, 0.717) is 6.54 Å². The number of aliphatic hydroxyl groups is 1. The van der Waals surface area contributed by atoms with Crippen LogP contribution in [0.5, 0.6) is 0 Å². The summed E-state index contributed by atoms with van der Waals surface area (Å²) in [6, 6.07) is 23.1. The number of rotatable bonds is 5. The first-order valence-electron chi connectivity index (χ1n) is 11.3. The third kappa shape index (κ3) is 4.13. The molecule has 0 radical (unpaired) electrons. The van der Waals surface area contributed by atoms with Crippen molar-refractivity contribution in [3.05, 3.63) is 107 Å². The van der Waals surface area contributed by atoms with Gasteiger partial charge in [-0.05, 0) is 34.9 Å². The Morgan fingerprint density at radius 3 is 2.35 bits per heavy atom. The number of halogens is 1. The summed E-state index contributed by atoms with van der Waals surface area (Å²) in [6.07, 6.45) is 4.09. The van der Waals surface area contributed by atoms with Gasteiger partial charge in [-0.1, -0.05) is 72.8 Å². The second-order valence-corrected chi connectivity index (χ2v) is 8.75. The number of nitrogens with zero attached hydrogens (tertiary/aromatic N) is 2. The summed E-state index contributed by atoms with van der Waals surface area (Å²) in [5.74, 6) is -1.12. The lowest BCUT2D eigenvalue weighted by Gasteiger charge is -2.58. The van der Waals surface area contributed by atoms with Gasteiger partial charge in [0.1, 0.15) is 12.4 Å². The van der Waals surface area contributed by atoms with Crippen molar-refractivity contribution in [3.63, 3.8) is 0 Å². The summed E-state index contributed by atoms with van der Waals surface area (Å²) in [7, 11) is 0. The highest BCUT2D eigenvalue weighted by molar-refractivity contribution is 5.97. The summed E-state index contributed by atoms with van der Waals surface area (Å²) in [5, 5.41) is 10.00. The lowest BCUT2D eigenvalue weighted by molar-refractivity contribution is -0.159. The van der Waals surface area contributed by atoms with Crippen molar-refractivity contribution in [2.45, 2.75) is 18.0 Å². The fraction of sp³-hybridized carbons (Fsp3) is 0.214. The van der Waals surface area contributed by atoms with Gasteiger partial charge in [0.25, 0.3) is 5.91 Å². The van der Waals surface area contributed by atoms with Gasteiger partial charge in [-0.2, -0.15) is 0 Å². The normalized spacial score (nSPS) is 21.9. The lowest BCUT2D eigenvalue weighted by Crippen LogP contribution is -2.73. The monoisotopic (exact) mass is 456 g/mol. The van der Waals surface area contributed by atoms with E-state index in [0.717, 1.165) is 16.7 Å². The molecule has 0 saturated carbocycles. The number of hydrogen-bond donors (Lipinski definition) is 1. The molecule has 3 atom stereocenters. The molecular formula is C28H25FN2O3. The van der Waals surface area contributed by atoms with E-state index in [1.807, 2.05) is 66.7 Å². The van der Waals surface area contributed by atoms with Crippen LogP contribution in [0.15, 0.2) is 78.9 Å². The number of benzene rings is 3. The van der Waals surface area contributed by atoms with Crippen molar-refractivity contribution in [2.24, 2.45) is 0 Å². The number of fused-ring (bicyclic) bond motifs is 1. The number of hydrogen-bond acceptors (Lipinski definition) is 3. The summed E-state index contributed by atoms with van der Waals surface area (Å²) in [6.45, 7) is 0.136. The highest BCUT2D eigenvalue weighted by atomic mass is 19.1. The fourth-order valence-corrected chi connectivity index (χ4v) is 5.04. The van der Waals surface area contributed by atoms with Crippen molar-refractivity contribution in [3.8, 4) is 0 Å². The highest BCUT2D eigenvalue weighted by Crippen LogP contribution is 2.43. The van der Waals surface area contributed by atoms with Crippen LogP contribution >= 0.6 is 0 Å². The van der Waals surface area contributed by atoms with Crippen molar-refractivity contribution in [1.82, 2.24) is 9.80 Å². The van der Waals surface area contributed by atoms with E-state index in [-0.39, 0.29) is 48.5 Å². The fourth-order valence-electron chi connectivity index (χ4n) is 5.04. The van der Waals surface area contributed by atoms with E-state index in [4.69, 9.17) is 0 Å². The molecule has 0 unspecified atom stereocenters. The molecule has 2 aliphatic heterocycles. The zero-order valence-electron chi connectivity index (χ0n) is 18.5. The zero-order chi connectivity index (χ0) is 23.7. The van der Waals surface area contributed by atoms with E-state index < -0.39 is 5.82 Å². The minimum atomic E-state index is -0.487. The Balaban J connectivity index is 1.34. The molecule has 0 spiro atoms. The molecule has 5 nitrogen and oxygen atoms in total. The number of carbonyl (C=O) groups is 2. The lowest BCUT2D eigenvalue weighted by atomic mass is 9.73. The Morgan fingerprint density at radius 2 is 1.68 bits per heavy atom. The Bertz CT molecular complexity index is 1230. The standard InChI is InChI=1S/C28H25FN2O3/c29-23-8-4-7-22(15-23)28(34)30-16-24-27(25(18-32)31(24)26(33)17-30)21-13-11-20(12-14-21)10-9-19-5-2-1-3-6-19/h1-15,24-25,27,32H,16-18H2/t24-,25-,27+/m0/s1. The molecule has 5 rings (SSSR count). The molecule has 6 heteroatoms. The highest BCUT2D eigenvalue weighted by Gasteiger charge is 2.54. The molecule has 1 N–H and O–H groups in total. The van der Waals surface area contributed by atoms with Gasteiger partial charge in [-0.25, -0.2) is 4.39 Å². The maximum Gasteiger partial charge on any atom is 0.254 e. The van der Waals surface area contributed by atoms with Crippen LogP contribution in [0, 0.1) is 5.82 Å². The van der Waals surface area contributed by atoms with Crippen molar-refractivity contribution in [2.75, 3.05) is 19.7 Å². The number of amides is 2. The topological polar surface area (TPSA) is 60.9 Å². The van der Waals surface area contributed by atoms with Crippen LogP contribution in [-0.2, 0) is 4.79 Å². The molecule has 2 amide bonds. The van der Waals surface area contributed by atoms with Crippen molar-refractivity contribution < 1.29 is 19.1 Å². The Morgan fingerprint density at radius 1 is 0.971 bits per heavy atom. The van der Waals surface area contributed by atoms with E-state index >= 15 is 0 Å². The molecule has 34 heavy (non-hydrogen) atoms.